The summed E-state index contributed by atoms with van der Waals surface area (Å²) in [4.78, 5) is 14.1. The van der Waals surface area contributed by atoms with Gasteiger partial charge in [-0.2, -0.15) is 0 Å². The van der Waals surface area contributed by atoms with Crippen molar-refractivity contribution in [3.05, 3.63) is 0 Å². The van der Waals surface area contributed by atoms with E-state index in [4.69, 9.17) is 0 Å². The Bertz CT molecular complexity index is 253. The Labute approximate surface area is 136 Å². The molecule has 0 spiro atoms. The summed E-state index contributed by atoms with van der Waals surface area (Å²) >= 11 is 0. The largest absolute Gasteiger partial charge is 0.356 e. The van der Waals surface area contributed by atoms with E-state index in [0.29, 0.717) is 12.3 Å². The Hall–Kier alpha value is -0.0300. The molecule has 122 valence electrons. The highest BCUT2D eigenvalue weighted by Gasteiger charge is 2.22. The summed E-state index contributed by atoms with van der Waals surface area (Å²) in [5.74, 6) is 1.59. The van der Waals surface area contributed by atoms with Gasteiger partial charge in [-0.3, -0.25) is 4.79 Å². The third kappa shape index (κ3) is 9.81. The molecule has 0 radical (unpaired) electrons. The molecule has 20 heavy (non-hydrogen) atoms. The van der Waals surface area contributed by atoms with E-state index in [1.165, 1.54) is 19.5 Å². The lowest BCUT2D eigenvalue weighted by molar-refractivity contribution is -0.121. The number of hydrogen-bond acceptors (Lipinski definition) is 3. The highest BCUT2D eigenvalue weighted by atomic mass is 35.5. The number of likely N-dealkylation sites (tertiary alicyclic amines) is 1. The van der Waals surface area contributed by atoms with Gasteiger partial charge >= 0.3 is 0 Å². The lowest BCUT2D eigenvalue weighted by atomic mass is 10.1. The van der Waals surface area contributed by atoms with E-state index >= 15 is 0 Å². The molecule has 1 aliphatic heterocycles. The minimum absolute atomic E-state index is 0. The number of amides is 1. The Morgan fingerprint density at radius 3 is 2.65 bits per heavy atom. The first-order chi connectivity index (χ1) is 8.61. The predicted octanol–water partition coefficient (Wildman–Crippen LogP) is 1.92. The fourth-order valence-electron chi connectivity index (χ4n) is 2.53. The summed E-state index contributed by atoms with van der Waals surface area (Å²) in [5.41, 5.74) is 0. The van der Waals surface area contributed by atoms with Gasteiger partial charge < -0.3 is 15.5 Å². The van der Waals surface area contributed by atoms with Gasteiger partial charge in [0.2, 0.25) is 5.91 Å². The summed E-state index contributed by atoms with van der Waals surface area (Å²) in [6.45, 7) is 9.82. The highest BCUT2D eigenvalue weighted by Crippen LogP contribution is 2.16. The molecule has 1 fully saturated rings. The fourth-order valence-corrected chi connectivity index (χ4v) is 2.53. The Kier molecular flexibility index (Phi) is 14.1. The van der Waals surface area contributed by atoms with Gasteiger partial charge in [0.15, 0.2) is 0 Å². The zero-order valence-electron chi connectivity index (χ0n) is 13.0. The van der Waals surface area contributed by atoms with Crippen molar-refractivity contribution < 1.29 is 4.79 Å². The second-order valence-corrected chi connectivity index (χ2v) is 5.82. The van der Waals surface area contributed by atoms with Crippen LogP contribution in [0.3, 0.4) is 0 Å². The van der Waals surface area contributed by atoms with Gasteiger partial charge in [-0.15, -0.1) is 24.8 Å². The topological polar surface area (TPSA) is 44.4 Å². The van der Waals surface area contributed by atoms with Crippen molar-refractivity contribution in [1.82, 2.24) is 15.5 Å². The molecule has 6 heteroatoms. The van der Waals surface area contributed by atoms with Crippen molar-refractivity contribution in [2.75, 3.05) is 39.8 Å². The van der Waals surface area contributed by atoms with Crippen LogP contribution >= 0.6 is 24.8 Å². The lowest BCUT2D eigenvalue weighted by Gasteiger charge is -2.18. The van der Waals surface area contributed by atoms with Crippen molar-refractivity contribution in [2.45, 2.75) is 33.1 Å². The molecular weight excluding hydrogens is 297 g/mol. The third-order valence-electron chi connectivity index (χ3n) is 3.41. The van der Waals surface area contributed by atoms with Crippen molar-refractivity contribution in [2.24, 2.45) is 11.8 Å². The van der Waals surface area contributed by atoms with Crippen LogP contribution in [-0.2, 0) is 4.79 Å². The smallest absolute Gasteiger partial charge is 0.220 e. The molecule has 1 atom stereocenters. The number of rotatable bonds is 8. The lowest BCUT2D eigenvalue weighted by Crippen LogP contribution is -2.32. The van der Waals surface area contributed by atoms with Gasteiger partial charge in [0, 0.05) is 26.1 Å². The molecule has 2 N–H and O–H groups in total. The van der Waals surface area contributed by atoms with Crippen molar-refractivity contribution in [3.8, 4) is 0 Å². The van der Waals surface area contributed by atoms with Gasteiger partial charge in [0.25, 0.3) is 0 Å². The van der Waals surface area contributed by atoms with Gasteiger partial charge in [-0.05, 0) is 44.8 Å². The maximum Gasteiger partial charge on any atom is 0.220 e. The first-order valence-electron chi connectivity index (χ1n) is 7.25. The zero-order valence-corrected chi connectivity index (χ0v) is 14.6. The van der Waals surface area contributed by atoms with Gasteiger partial charge in [0.05, 0.1) is 0 Å². The summed E-state index contributed by atoms with van der Waals surface area (Å²) in [6, 6.07) is 0. The van der Waals surface area contributed by atoms with Crippen LogP contribution in [0.2, 0.25) is 0 Å². The van der Waals surface area contributed by atoms with E-state index in [2.05, 4.69) is 29.4 Å². The molecule has 4 nitrogen and oxygen atoms in total. The maximum atomic E-state index is 11.6. The van der Waals surface area contributed by atoms with Crippen LogP contribution in [0, 0.1) is 11.8 Å². The van der Waals surface area contributed by atoms with Crippen LogP contribution in [0.4, 0.5) is 0 Å². The summed E-state index contributed by atoms with van der Waals surface area (Å²) in [6.07, 6.45) is 2.79. The Morgan fingerprint density at radius 2 is 2.05 bits per heavy atom. The molecule has 0 aromatic carbocycles. The normalized spacial score (nSPS) is 18.5. The van der Waals surface area contributed by atoms with Crippen LogP contribution in [0.15, 0.2) is 0 Å². The molecule has 0 saturated carbocycles. The molecule has 0 aliphatic carbocycles. The number of nitrogens with zero attached hydrogens (tertiary/aromatic N) is 1. The summed E-state index contributed by atoms with van der Waals surface area (Å²) in [7, 11) is 1.92. The molecule has 1 heterocycles. The van der Waals surface area contributed by atoms with Gasteiger partial charge in [-0.25, -0.2) is 0 Å². The van der Waals surface area contributed by atoms with Crippen LogP contribution in [0.25, 0.3) is 0 Å². The van der Waals surface area contributed by atoms with E-state index < -0.39 is 0 Å². The molecular formula is C14H31Cl2N3O. The fraction of sp³-hybridized carbons (Fsp3) is 0.929. The number of hydrogen-bond donors (Lipinski definition) is 2. The number of carbonyl (C=O) groups is 1. The molecule has 1 rings (SSSR count). The van der Waals surface area contributed by atoms with Crippen molar-refractivity contribution in [3.63, 3.8) is 0 Å². The summed E-state index contributed by atoms with van der Waals surface area (Å²) < 4.78 is 0. The van der Waals surface area contributed by atoms with Crippen molar-refractivity contribution in [1.29, 1.82) is 0 Å². The van der Waals surface area contributed by atoms with E-state index in [1.54, 1.807) is 0 Å². The van der Waals surface area contributed by atoms with E-state index in [-0.39, 0.29) is 30.7 Å². The Balaban J connectivity index is 0. The predicted molar refractivity (Wildman–Crippen MR) is 90.1 cm³/mol. The molecule has 0 aromatic heterocycles. The minimum Gasteiger partial charge on any atom is -0.356 e. The molecule has 1 aliphatic rings. The number of carbonyl (C=O) groups excluding carboxylic acids is 1. The molecule has 0 aromatic rings. The van der Waals surface area contributed by atoms with Crippen LogP contribution < -0.4 is 10.6 Å². The van der Waals surface area contributed by atoms with Gasteiger partial charge in [-0.1, -0.05) is 13.8 Å². The average molecular weight is 328 g/mol. The van der Waals surface area contributed by atoms with Crippen LogP contribution in [0.5, 0.6) is 0 Å². The standard InChI is InChI=1S/C14H29N3O.2ClH/c1-12(2)10-17-8-6-13(11-17)9-16-14(18)5-4-7-15-3;;/h12-13,15H,4-11H2,1-3H3,(H,16,18);2*1H. The van der Waals surface area contributed by atoms with Gasteiger partial charge in [0.1, 0.15) is 0 Å². The highest BCUT2D eigenvalue weighted by molar-refractivity contribution is 5.85. The number of nitrogens with one attached hydrogen (secondary N) is 2. The van der Waals surface area contributed by atoms with E-state index in [0.717, 1.165) is 32.0 Å². The number of halogens is 2. The van der Waals surface area contributed by atoms with E-state index in [1.807, 2.05) is 7.05 Å². The summed E-state index contributed by atoms with van der Waals surface area (Å²) in [5, 5.41) is 6.12. The minimum atomic E-state index is 0. The van der Waals surface area contributed by atoms with Crippen LogP contribution in [-0.4, -0.2) is 50.6 Å². The quantitative estimate of drug-likeness (QED) is 0.669. The molecule has 0 bridgehead atoms. The average Bonchev–Trinajstić information content (AvgIpc) is 2.73. The molecule has 1 amide bonds. The SMILES string of the molecule is CNCCCC(=O)NCC1CCN(CC(C)C)C1.Cl.Cl. The first-order valence-corrected chi connectivity index (χ1v) is 7.25. The monoisotopic (exact) mass is 327 g/mol. The maximum absolute atomic E-state index is 11.6. The van der Waals surface area contributed by atoms with Crippen LogP contribution in [0.1, 0.15) is 33.1 Å². The molecule has 1 unspecified atom stereocenters. The second kappa shape index (κ2) is 12.7. The van der Waals surface area contributed by atoms with Crippen molar-refractivity contribution >= 4 is 30.7 Å². The van der Waals surface area contributed by atoms with E-state index in [9.17, 15) is 4.79 Å². The third-order valence-corrected chi connectivity index (χ3v) is 3.41. The first kappa shape index (κ1) is 22.3. The molecule has 1 saturated heterocycles. The zero-order chi connectivity index (χ0) is 13.4. The second-order valence-electron chi connectivity index (χ2n) is 5.82. The Morgan fingerprint density at radius 1 is 1.35 bits per heavy atom.